The number of ketones is 1. The van der Waals surface area contributed by atoms with Crippen molar-refractivity contribution in [3.8, 4) is 0 Å². The van der Waals surface area contributed by atoms with Crippen molar-refractivity contribution in [2.24, 2.45) is 0 Å². The number of hydrogen-bond acceptors (Lipinski definition) is 2. The van der Waals surface area contributed by atoms with Crippen LogP contribution in [0.25, 0.3) is 0 Å². The second-order valence-corrected chi connectivity index (χ2v) is 4.76. The van der Waals surface area contributed by atoms with Crippen molar-refractivity contribution in [1.29, 1.82) is 0 Å². The van der Waals surface area contributed by atoms with E-state index in [1.807, 2.05) is 0 Å². The monoisotopic (exact) mass is 195 g/mol. The fraction of sp³-hybridized carbons (Fsp3) is 0.917. The average molecular weight is 195 g/mol. The summed E-state index contributed by atoms with van der Waals surface area (Å²) >= 11 is 0. The van der Waals surface area contributed by atoms with Gasteiger partial charge in [-0.2, -0.15) is 0 Å². The van der Waals surface area contributed by atoms with Crippen LogP contribution in [0.3, 0.4) is 0 Å². The van der Waals surface area contributed by atoms with Crippen molar-refractivity contribution < 1.29 is 4.79 Å². The van der Waals surface area contributed by atoms with Gasteiger partial charge >= 0.3 is 0 Å². The first-order valence-corrected chi connectivity index (χ1v) is 6.08. The Balaban J connectivity index is 1.91. The molecule has 1 unspecified atom stereocenters. The van der Waals surface area contributed by atoms with E-state index in [1.165, 1.54) is 32.2 Å². The number of carbonyl (C=O) groups is 1. The number of nitrogens with zero attached hydrogens (tertiary/aromatic N) is 1. The highest BCUT2D eigenvalue weighted by atomic mass is 16.1. The molecule has 80 valence electrons. The minimum absolute atomic E-state index is 0.489. The highest BCUT2D eigenvalue weighted by Gasteiger charge is 2.35. The lowest BCUT2D eigenvalue weighted by Crippen LogP contribution is -2.41. The number of carbonyl (C=O) groups excluding carboxylic acids is 1. The molecule has 2 heteroatoms. The van der Waals surface area contributed by atoms with Gasteiger partial charge in [0, 0.05) is 24.9 Å². The van der Waals surface area contributed by atoms with E-state index in [1.54, 1.807) is 0 Å². The Morgan fingerprint density at radius 2 is 2.07 bits per heavy atom. The molecule has 0 amide bonds. The molecule has 2 nitrogen and oxygen atoms in total. The molecule has 0 aliphatic heterocycles. The van der Waals surface area contributed by atoms with E-state index in [4.69, 9.17) is 0 Å². The Labute approximate surface area is 86.7 Å². The van der Waals surface area contributed by atoms with Crippen LogP contribution < -0.4 is 0 Å². The summed E-state index contributed by atoms with van der Waals surface area (Å²) in [5, 5.41) is 0. The van der Waals surface area contributed by atoms with Crippen LogP contribution >= 0.6 is 0 Å². The van der Waals surface area contributed by atoms with E-state index < -0.39 is 0 Å². The van der Waals surface area contributed by atoms with Crippen molar-refractivity contribution in [3.05, 3.63) is 0 Å². The lowest BCUT2D eigenvalue weighted by molar-refractivity contribution is -0.122. The summed E-state index contributed by atoms with van der Waals surface area (Å²) in [6.07, 6.45) is 7.99. The maximum atomic E-state index is 11.4. The topological polar surface area (TPSA) is 20.3 Å². The summed E-state index contributed by atoms with van der Waals surface area (Å²) < 4.78 is 0. The van der Waals surface area contributed by atoms with E-state index in [-0.39, 0.29) is 0 Å². The summed E-state index contributed by atoms with van der Waals surface area (Å²) in [6, 6.07) is 1.41. The van der Waals surface area contributed by atoms with Crippen molar-refractivity contribution in [2.75, 3.05) is 6.54 Å². The fourth-order valence-corrected chi connectivity index (χ4v) is 2.61. The van der Waals surface area contributed by atoms with Gasteiger partial charge in [0.2, 0.25) is 0 Å². The van der Waals surface area contributed by atoms with Crippen LogP contribution in [-0.4, -0.2) is 29.3 Å². The third kappa shape index (κ3) is 2.35. The van der Waals surface area contributed by atoms with Crippen LogP contribution in [0.15, 0.2) is 0 Å². The van der Waals surface area contributed by atoms with E-state index in [0.29, 0.717) is 11.8 Å². The molecule has 0 radical (unpaired) electrons. The van der Waals surface area contributed by atoms with E-state index in [9.17, 15) is 4.79 Å². The Kier molecular flexibility index (Phi) is 3.22. The SMILES string of the molecule is CCCN(C1CC1)C1CCCC(=O)C1. The van der Waals surface area contributed by atoms with Gasteiger partial charge in [-0.1, -0.05) is 6.92 Å². The molecule has 0 heterocycles. The standard InChI is InChI=1S/C12H21NO/c1-2-8-13(10-6-7-10)11-4-3-5-12(14)9-11/h10-11H,2-9H2,1H3. The average Bonchev–Trinajstić information content (AvgIpc) is 2.97. The summed E-state index contributed by atoms with van der Waals surface area (Å²) in [5.74, 6) is 0.489. The van der Waals surface area contributed by atoms with Gasteiger partial charge in [0.15, 0.2) is 0 Å². The normalized spacial score (nSPS) is 28.4. The molecule has 0 saturated heterocycles. The zero-order valence-electron chi connectivity index (χ0n) is 9.17. The largest absolute Gasteiger partial charge is 0.300 e. The second kappa shape index (κ2) is 4.43. The Morgan fingerprint density at radius 3 is 2.64 bits per heavy atom. The van der Waals surface area contributed by atoms with Gasteiger partial charge in [-0.25, -0.2) is 0 Å². The minimum atomic E-state index is 0.489. The Morgan fingerprint density at radius 1 is 1.29 bits per heavy atom. The third-order valence-electron chi connectivity index (χ3n) is 3.42. The lowest BCUT2D eigenvalue weighted by Gasteiger charge is -2.33. The molecule has 14 heavy (non-hydrogen) atoms. The molecule has 2 rings (SSSR count). The summed E-state index contributed by atoms with van der Waals surface area (Å²) in [7, 11) is 0. The van der Waals surface area contributed by atoms with Crippen molar-refractivity contribution in [3.63, 3.8) is 0 Å². The number of hydrogen-bond donors (Lipinski definition) is 0. The Bertz CT molecular complexity index is 210. The molecule has 1 atom stereocenters. The highest BCUT2D eigenvalue weighted by molar-refractivity contribution is 5.79. The Hall–Kier alpha value is -0.370. The summed E-state index contributed by atoms with van der Waals surface area (Å²) in [6.45, 7) is 3.43. The second-order valence-electron chi connectivity index (χ2n) is 4.76. The molecule has 2 aliphatic carbocycles. The zero-order valence-corrected chi connectivity index (χ0v) is 9.17. The lowest BCUT2D eigenvalue weighted by atomic mass is 9.93. The molecular formula is C12H21NO. The first kappa shape index (κ1) is 10.2. The molecule has 2 aliphatic rings. The van der Waals surface area contributed by atoms with Crippen LogP contribution in [0.1, 0.15) is 51.9 Å². The van der Waals surface area contributed by atoms with Crippen LogP contribution in [-0.2, 0) is 4.79 Å². The third-order valence-corrected chi connectivity index (χ3v) is 3.42. The quantitative estimate of drug-likeness (QED) is 0.686. The maximum absolute atomic E-state index is 11.4. The molecule has 0 bridgehead atoms. The van der Waals surface area contributed by atoms with Gasteiger partial charge in [-0.15, -0.1) is 0 Å². The minimum Gasteiger partial charge on any atom is -0.300 e. The fourth-order valence-electron chi connectivity index (χ4n) is 2.61. The molecular weight excluding hydrogens is 174 g/mol. The van der Waals surface area contributed by atoms with Crippen molar-refractivity contribution in [1.82, 2.24) is 4.90 Å². The van der Waals surface area contributed by atoms with Gasteiger partial charge < -0.3 is 0 Å². The zero-order chi connectivity index (χ0) is 9.97. The van der Waals surface area contributed by atoms with Gasteiger partial charge in [0.05, 0.1) is 0 Å². The van der Waals surface area contributed by atoms with Crippen LogP contribution in [0.5, 0.6) is 0 Å². The number of Topliss-reactive ketones (excluding diaryl/α,β-unsaturated/α-hetero) is 1. The van der Waals surface area contributed by atoms with Gasteiger partial charge in [-0.05, 0) is 38.6 Å². The van der Waals surface area contributed by atoms with Crippen LogP contribution in [0.4, 0.5) is 0 Å². The molecule has 0 aromatic carbocycles. The molecule has 0 aromatic heterocycles. The van der Waals surface area contributed by atoms with E-state index in [2.05, 4.69) is 11.8 Å². The highest BCUT2D eigenvalue weighted by Crippen LogP contribution is 2.32. The van der Waals surface area contributed by atoms with Crippen LogP contribution in [0, 0.1) is 0 Å². The summed E-state index contributed by atoms with van der Waals surface area (Å²) in [5.41, 5.74) is 0. The van der Waals surface area contributed by atoms with Gasteiger partial charge in [0.1, 0.15) is 5.78 Å². The number of rotatable bonds is 4. The van der Waals surface area contributed by atoms with E-state index in [0.717, 1.165) is 25.3 Å². The maximum Gasteiger partial charge on any atom is 0.134 e. The predicted octanol–water partition coefficient (Wildman–Crippen LogP) is 2.37. The van der Waals surface area contributed by atoms with Gasteiger partial charge in [-0.3, -0.25) is 9.69 Å². The van der Waals surface area contributed by atoms with Gasteiger partial charge in [0.25, 0.3) is 0 Å². The summed E-state index contributed by atoms with van der Waals surface area (Å²) in [4.78, 5) is 14.0. The van der Waals surface area contributed by atoms with E-state index >= 15 is 0 Å². The predicted molar refractivity (Wildman–Crippen MR) is 57.3 cm³/mol. The molecule has 0 spiro atoms. The molecule has 0 aromatic rings. The molecule has 2 saturated carbocycles. The first-order chi connectivity index (χ1) is 6.81. The van der Waals surface area contributed by atoms with Crippen molar-refractivity contribution in [2.45, 2.75) is 64.0 Å². The molecule has 2 fully saturated rings. The smallest absolute Gasteiger partial charge is 0.134 e. The van der Waals surface area contributed by atoms with Crippen molar-refractivity contribution >= 4 is 5.78 Å². The first-order valence-electron chi connectivity index (χ1n) is 6.08. The molecule has 0 N–H and O–H groups in total. The van der Waals surface area contributed by atoms with Crippen LogP contribution in [0.2, 0.25) is 0 Å².